The number of rotatable bonds is 5. The lowest BCUT2D eigenvalue weighted by Crippen LogP contribution is -2.31. The molecule has 0 aliphatic carbocycles. The topological polar surface area (TPSA) is 59.8 Å². The molecule has 1 aliphatic rings. The minimum atomic E-state index is -0.418. The molecule has 1 aromatic heterocycles. The summed E-state index contributed by atoms with van der Waals surface area (Å²) in [6, 6.07) is 11.3. The molecule has 5 nitrogen and oxygen atoms in total. The van der Waals surface area contributed by atoms with Crippen LogP contribution in [0.25, 0.3) is 0 Å². The summed E-state index contributed by atoms with van der Waals surface area (Å²) in [7, 11) is 0. The van der Waals surface area contributed by atoms with Gasteiger partial charge in [0, 0.05) is 25.5 Å². The Balaban J connectivity index is 1.51. The van der Waals surface area contributed by atoms with E-state index in [0.29, 0.717) is 31.0 Å². The SMILES string of the molecule is Cc1cccc(CCC(=O)N2CCC(Oc3cc(C)oc(=O)c3)C2)c1. The second-order valence-electron chi connectivity index (χ2n) is 6.58. The van der Waals surface area contributed by atoms with Crippen molar-refractivity contribution < 1.29 is 13.9 Å². The van der Waals surface area contributed by atoms with Gasteiger partial charge in [0.05, 0.1) is 12.6 Å². The summed E-state index contributed by atoms with van der Waals surface area (Å²) in [5.41, 5.74) is 1.98. The fraction of sp³-hybridized carbons (Fsp3) is 0.400. The quantitative estimate of drug-likeness (QED) is 0.839. The van der Waals surface area contributed by atoms with Gasteiger partial charge in [-0.25, -0.2) is 4.79 Å². The summed E-state index contributed by atoms with van der Waals surface area (Å²) >= 11 is 0. The van der Waals surface area contributed by atoms with Gasteiger partial charge in [-0.3, -0.25) is 4.79 Å². The molecule has 25 heavy (non-hydrogen) atoms. The molecule has 2 heterocycles. The van der Waals surface area contributed by atoms with Crippen LogP contribution in [0.4, 0.5) is 0 Å². The summed E-state index contributed by atoms with van der Waals surface area (Å²) in [4.78, 5) is 25.7. The number of carbonyl (C=O) groups is 1. The Hall–Kier alpha value is -2.56. The Kier molecular flexibility index (Phi) is 5.22. The van der Waals surface area contributed by atoms with Crippen molar-refractivity contribution in [2.75, 3.05) is 13.1 Å². The molecular weight excluding hydrogens is 318 g/mol. The van der Waals surface area contributed by atoms with Crippen molar-refractivity contribution >= 4 is 5.91 Å². The zero-order chi connectivity index (χ0) is 17.8. The molecular formula is C20H23NO4. The molecule has 2 aromatic rings. The Morgan fingerprint density at radius 3 is 2.88 bits per heavy atom. The third-order valence-corrected chi connectivity index (χ3v) is 4.38. The third kappa shape index (κ3) is 4.72. The maximum Gasteiger partial charge on any atom is 0.339 e. The van der Waals surface area contributed by atoms with Crippen molar-refractivity contribution in [2.45, 2.75) is 39.2 Å². The van der Waals surface area contributed by atoms with E-state index >= 15 is 0 Å². The molecule has 0 N–H and O–H groups in total. The van der Waals surface area contributed by atoms with E-state index in [1.54, 1.807) is 13.0 Å². The Morgan fingerprint density at radius 2 is 2.12 bits per heavy atom. The highest BCUT2D eigenvalue weighted by Crippen LogP contribution is 2.19. The largest absolute Gasteiger partial charge is 0.488 e. The first-order valence-corrected chi connectivity index (χ1v) is 8.61. The number of carbonyl (C=O) groups excluding carboxylic acids is 1. The number of ether oxygens (including phenoxy) is 1. The smallest absolute Gasteiger partial charge is 0.339 e. The third-order valence-electron chi connectivity index (χ3n) is 4.38. The van der Waals surface area contributed by atoms with E-state index in [9.17, 15) is 9.59 Å². The van der Waals surface area contributed by atoms with Crippen molar-refractivity contribution in [3.8, 4) is 5.75 Å². The monoisotopic (exact) mass is 341 g/mol. The van der Waals surface area contributed by atoms with Crippen LogP contribution in [0, 0.1) is 13.8 Å². The summed E-state index contributed by atoms with van der Waals surface area (Å²) in [5.74, 6) is 1.18. The number of likely N-dealkylation sites (tertiary alicyclic amines) is 1. The van der Waals surface area contributed by atoms with Gasteiger partial charge < -0.3 is 14.1 Å². The average Bonchev–Trinajstić information content (AvgIpc) is 3.00. The summed E-state index contributed by atoms with van der Waals surface area (Å²) in [6.07, 6.45) is 1.95. The van der Waals surface area contributed by atoms with Crippen molar-refractivity contribution in [1.29, 1.82) is 0 Å². The van der Waals surface area contributed by atoms with E-state index in [1.807, 2.05) is 11.0 Å². The van der Waals surface area contributed by atoms with Crippen molar-refractivity contribution in [1.82, 2.24) is 4.90 Å². The van der Waals surface area contributed by atoms with Crippen LogP contribution in [0.1, 0.15) is 29.7 Å². The van der Waals surface area contributed by atoms with Crippen LogP contribution in [0.5, 0.6) is 5.75 Å². The van der Waals surface area contributed by atoms with Gasteiger partial charge in [-0.1, -0.05) is 29.8 Å². The Labute approximate surface area is 147 Å². The van der Waals surface area contributed by atoms with E-state index < -0.39 is 5.63 Å². The molecule has 1 atom stereocenters. The van der Waals surface area contributed by atoms with Crippen LogP contribution < -0.4 is 10.4 Å². The molecule has 1 amide bonds. The lowest BCUT2D eigenvalue weighted by atomic mass is 10.1. The van der Waals surface area contributed by atoms with Gasteiger partial charge in [0.2, 0.25) is 5.91 Å². The van der Waals surface area contributed by atoms with Crippen LogP contribution in [0.2, 0.25) is 0 Å². The zero-order valence-corrected chi connectivity index (χ0v) is 14.7. The van der Waals surface area contributed by atoms with Gasteiger partial charge in [-0.05, 0) is 25.8 Å². The molecule has 3 rings (SSSR count). The van der Waals surface area contributed by atoms with Crippen LogP contribution in [-0.4, -0.2) is 30.0 Å². The number of hydrogen-bond donors (Lipinski definition) is 0. The number of aryl methyl sites for hydroxylation is 3. The molecule has 1 aromatic carbocycles. The lowest BCUT2D eigenvalue weighted by molar-refractivity contribution is -0.130. The fourth-order valence-corrected chi connectivity index (χ4v) is 3.16. The Bertz CT molecular complexity index is 811. The first kappa shape index (κ1) is 17.3. The van der Waals surface area contributed by atoms with E-state index in [0.717, 1.165) is 12.8 Å². The summed E-state index contributed by atoms with van der Waals surface area (Å²) in [5, 5.41) is 0. The highest BCUT2D eigenvalue weighted by molar-refractivity contribution is 5.76. The second kappa shape index (κ2) is 7.55. The maximum absolute atomic E-state index is 12.4. The highest BCUT2D eigenvalue weighted by atomic mass is 16.5. The number of benzene rings is 1. The van der Waals surface area contributed by atoms with Gasteiger partial charge in [0.25, 0.3) is 0 Å². The summed E-state index contributed by atoms with van der Waals surface area (Å²) < 4.78 is 10.8. The maximum atomic E-state index is 12.4. The number of hydrogen-bond acceptors (Lipinski definition) is 4. The lowest BCUT2D eigenvalue weighted by Gasteiger charge is -2.17. The summed E-state index contributed by atoms with van der Waals surface area (Å²) in [6.45, 7) is 5.02. The molecule has 0 spiro atoms. The molecule has 0 bridgehead atoms. The predicted octanol–water partition coefficient (Wildman–Crippen LogP) is 2.87. The van der Waals surface area contributed by atoms with E-state index in [4.69, 9.17) is 9.15 Å². The number of nitrogens with zero attached hydrogens (tertiary/aromatic N) is 1. The zero-order valence-electron chi connectivity index (χ0n) is 14.7. The van der Waals surface area contributed by atoms with Crippen molar-refractivity contribution in [3.05, 3.63) is 63.7 Å². The molecule has 5 heteroatoms. The van der Waals surface area contributed by atoms with E-state index in [2.05, 4.69) is 25.1 Å². The predicted molar refractivity (Wildman–Crippen MR) is 94.8 cm³/mol. The fourth-order valence-electron chi connectivity index (χ4n) is 3.16. The van der Waals surface area contributed by atoms with E-state index in [-0.39, 0.29) is 12.0 Å². The van der Waals surface area contributed by atoms with Gasteiger partial charge in [0.15, 0.2) is 0 Å². The van der Waals surface area contributed by atoms with Crippen LogP contribution in [0.3, 0.4) is 0 Å². The van der Waals surface area contributed by atoms with Crippen LogP contribution in [-0.2, 0) is 11.2 Å². The minimum absolute atomic E-state index is 0.0795. The molecule has 0 saturated carbocycles. The Morgan fingerprint density at radius 1 is 1.28 bits per heavy atom. The van der Waals surface area contributed by atoms with Crippen LogP contribution in [0.15, 0.2) is 45.6 Å². The van der Waals surface area contributed by atoms with Crippen LogP contribution >= 0.6 is 0 Å². The first-order valence-electron chi connectivity index (χ1n) is 8.61. The van der Waals surface area contributed by atoms with Crippen molar-refractivity contribution in [2.24, 2.45) is 0 Å². The molecule has 1 aliphatic heterocycles. The molecule has 1 fully saturated rings. The highest BCUT2D eigenvalue weighted by Gasteiger charge is 2.27. The first-order chi connectivity index (χ1) is 12.0. The standard InChI is InChI=1S/C20H23NO4/c1-14-4-3-5-16(10-14)6-7-19(22)21-9-8-17(13-21)25-18-11-15(2)24-20(23)12-18/h3-5,10-12,17H,6-9,13H2,1-2H3. The van der Waals surface area contributed by atoms with Gasteiger partial charge in [-0.15, -0.1) is 0 Å². The number of amides is 1. The van der Waals surface area contributed by atoms with Gasteiger partial charge in [0.1, 0.15) is 17.6 Å². The molecule has 132 valence electrons. The molecule has 1 saturated heterocycles. The van der Waals surface area contributed by atoms with E-state index in [1.165, 1.54) is 17.2 Å². The minimum Gasteiger partial charge on any atom is -0.488 e. The second-order valence-corrected chi connectivity index (χ2v) is 6.58. The molecule has 1 unspecified atom stereocenters. The van der Waals surface area contributed by atoms with Gasteiger partial charge in [-0.2, -0.15) is 0 Å². The average molecular weight is 341 g/mol. The van der Waals surface area contributed by atoms with Gasteiger partial charge >= 0.3 is 5.63 Å². The van der Waals surface area contributed by atoms with Crippen molar-refractivity contribution in [3.63, 3.8) is 0 Å². The normalized spacial score (nSPS) is 16.9. The molecule has 0 radical (unpaired) electrons.